The number of anilines is 2. The molecule has 1 fully saturated rings. The van der Waals surface area contributed by atoms with Crippen LogP contribution in [0.5, 0.6) is 0 Å². The first-order chi connectivity index (χ1) is 15.4. The Bertz CT molecular complexity index is 1050. The zero-order valence-electron chi connectivity index (χ0n) is 18.0. The summed E-state index contributed by atoms with van der Waals surface area (Å²) in [6, 6.07) is 13.2. The van der Waals surface area contributed by atoms with Gasteiger partial charge >= 0.3 is 0 Å². The van der Waals surface area contributed by atoms with Crippen molar-refractivity contribution in [1.82, 2.24) is 0 Å². The van der Waals surface area contributed by atoms with E-state index in [0.717, 1.165) is 28.7 Å². The molecule has 168 valence electrons. The predicted octanol–water partition coefficient (Wildman–Crippen LogP) is 3.89. The van der Waals surface area contributed by atoms with Crippen LogP contribution < -0.4 is 9.80 Å². The number of carbonyl (C=O) groups is 2. The zero-order valence-corrected chi connectivity index (χ0v) is 19.6. The number of hydrogen-bond donors (Lipinski definition) is 2. The molecule has 32 heavy (non-hydrogen) atoms. The summed E-state index contributed by atoms with van der Waals surface area (Å²) in [5, 5.41) is 20.6. The van der Waals surface area contributed by atoms with E-state index in [2.05, 4.69) is 15.9 Å². The molecule has 1 saturated heterocycles. The van der Waals surface area contributed by atoms with Crippen molar-refractivity contribution >= 4 is 39.1 Å². The molecular formula is C25H27BrN2O4. The molecule has 6 nitrogen and oxygen atoms in total. The lowest BCUT2D eigenvalue weighted by Crippen LogP contribution is -2.44. The molecule has 2 atom stereocenters. The van der Waals surface area contributed by atoms with E-state index in [4.69, 9.17) is 5.11 Å². The first kappa shape index (κ1) is 22.7. The number of carbonyl (C=O) groups excluding carboxylic acids is 2. The van der Waals surface area contributed by atoms with Crippen LogP contribution in [0, 0.1) is 5.92 Å². The second-order valence-corrected chi connectivity index (χ2v) is 9.28. The zero-order chi connectivity index (χ0) is 22.9. The summed E-state index contributed by atoms with van der Waals surface area (Å²) in [7, 11) is 0. The van der Waals surface area contributed by atoms with E-state index in [9.17, 15) is 14.7 Å². The predicted molar refractivity (Wildman–Crippen MR) is 127 cm³/mol. The van der Waals surface area contributed by atoms with Gasteiger partial charge in [0, 0.05) is 41.2 Å². The van der Waals surface area contributed by atoms with Gasteiger partial charge in [-0.1, -0.05) is 47.1 Å². The summed E-state index contributed by atoms with van der Waals surface area (Å²) in [6.45, 7) is 2.88. The quantitative estimate of drug-likeness (QED) is 0.567. The van der Waals surface area contributed by atoms with Crippen LogP contribution in [0.1, 0.15) is 37.3 Å². The third kappa shape index (κ3) is 4.00. The van der Waals surface area contributed by atoms with Gasteiger partial charge < -0.3 is 20.0 Å². The highest BCUT2D eigenvalue weighted by Gasteiger charge is 2.52. The maximum Gasteiger partial charge on any atom is 0.264 e. The first-order valence-electron chi connectivity index (χ1n) is 10.9. The molecule has 7 heteroatoms. The number of fused-ring (bicyclic) bond motifs is 1. The lowest BCUT2D eigenvalue weighted by atomic mass is 9.83. The molecular weight excluding hydrogens is 472 g/mol. The minimum atomic E-state index is -1.69. The average molecular weight is 499 g/mol. The number of aliphatic hydroxyl groups is 2. The number of nitrogens with zero attached hydrogens (tertiary/aromatic N) is 2. The Balaban J connectivity index is 1.62. The van der Waals surface area contributed by atoms with Gasteiger partial charge in [0.1, 0.15) is 0 Å². The van der Waals surface area contributed by atoms with Gasteiger partial charge in [0.05, 0.1) is 12.2 Å². The van der Waals surface area contributed by atoms with Gasteiger partial charge in [0.2, 0.25) is 5.91 Å². The third-order valence-electron chi connectivity index (χ3n) is 6.27. The SMILES string of the molecule is C[C@H](/C=C/CCO)[C@@]1(O)C(=O)N(Cc2ccc(N3CCCC3=O)cc2)c2ccc(Br)cc21. The second kappa shape index (κ2) is 9.17. The Hall–Kier alpha value is -2.48. The van der Waals surface area contributed by atoms with Crippen molar-refractivity contribution in [2.45, 2.75) is 38.3 Å². The highest BCUT2D eigenvalue weighted by Crippen LogP contribution is 2.46. The average Bonchev–Trinajstić information content (AvgIpc) is 3.30. The molecule has 2 aromatic carbocycles. The molecule has 0 aliphatic carbocycles. The molecule has 0 spiro atoms. The largest absolute Gasteiger partial charge is 0.396 e. The number of benzene rings is 2. The Morgan fingerprint density at radius 2 is 1.94 bits per heavy atom. The maximum absolute atomic E-state index is 13.5. The normalized spacial score (nSPS) is 21.6. The lowest BCUT2D eigenvalue weighted by Gasteiger charge is -2.28. The molecule has 0 saturated carbocycles. The smallest absolute Gasteiger partial charge is 0.264 e. The summed E-state index contributed by atoms with van der Waals surface area (Å²) >= 11 is 3.46. The molecule has 2 aromatic rings. The van der Waals surface area contributed by atoms with E-state index in [-0.39, 0.29) is 18.4 Å². The van der Waals surface area contributed by atoms with Gasteiger partial charge in [-0.05, 0) is 48.7 Å². The van der Waals surface area contributed by atoms with Crippen LogP contribution in [0.25, 0.3) is 0 Å². The van der Waals surface area contributed by atoms with E-state index < -0.39 is 11.5 Å². The second-order valence-electron chi connectivity index (χ2n) is 8.36. The fraction of sp³-hybridized carbons (Fsp3) is 0.360. The Kier molecular flexibility index (Phi) is 6.51. The van der Waals surface area contributed by atoms with Gasteiger partial charge in [0.25, 0.3) is 5.91 Å². The molecule has 2 heterocycles. The highest BCUT2D eigenvalue weighted by atomic mass is 79.9. The minimum Gasteiger partial charge on any atom is -0.396 e. The van der Waals surface area contributed by atoms with Gasteiger partial charge in [-0.3, -0.25) is 9.59 Å². The van der Waals surface area contributed by atoms with Crippen molar-refractivity contribution in [3.05, 3.63) is 70.2 Å². The van der Waals surface area contributed by atoms with Crippen molar-refractivity contribution < 1.29 is 19.8 Å². The fourth-order valence-electron chi connectivity index (χ4n) is 4.48. The monoisotopic (exact) mass is 498 g/mol. The molecule has 0 bridgehead atoms. The Labute approximate surface area is 196 Å². The number of hydrogen-bond acceptors (Lipinski definition) is 4. The number of rotatable bonds is 7. The summed E-state index contributed by atoms with van der Waals surface area (Å²) < 4.78 is 0.787. The van der Waals surface area contributed by atoms with Crippen molar-refractivity contribution in [3.63, 3.8) is 0 Å². The van der Waals surface area contributed by atoms with Crippen molar-refractivity contribution in [2.24, 2.45) is 5.92 Å². The van der Waals surface area contributed by atoms with Gasteiger partial charge in [-0.2, -0.15) is 0 Å². The van der Waals surface area contributed by atoms with E-state index in [1.165, 1.54) is 0 Å². The molecule has 2 amide bonds. The summed E-state index contributed by atoms with van der Waals surface area (Å²) in [4.78, 5) is 28.9. The van der Waals surface area contributed by atoms with Crippen LogP contribution in [0.4, 0.5) is 11.4 Å². The van der Waals surface area contributed by atoms with Gasteiger partial charge in [-0.15, -0.1) is 0 Å². The third-order valence-corrected chi connectivity index (χ3v) is 6.77. The van der Waals surface area contributed by atoms with Crippen molar-refractivity contribution in [3.8, 4) is 0 Å². The van der Waals surface area contributed by atoms with Crippen LogP contribution in [-0.4, -0.2) is 35.2 Å². The molecule has 2 aliphatic rings. The number of aliphatic hydroxyl groups excluding tert-OH is 1. The van der Waals surface area contributed by atoms with Gasteiger partial charge in [0.15, 0.2) is 5.60 Å². The van der Waals surface area contributed by atoms with E-state index in [1.54, 1.807) is 28.0 Å². The van der Waals surface area contributed by atoms with Crippen LogP contribution >= 0.6 is 15.9 Å². The lowest BCUT2D eigenvalue weighted by molar-refractivity contribution is -0.139. The standard InChI is InChI=1S/C25H27BrN2O4/c1-17(5-2-3-14-29)25(32)21-15-19(26)9-12-22(21)28(24(25)31)16-18-7-10-20(11-8-18)27-13-4-6-23(27)30/h2,5,7-12,15,17,29,32H,3-4,6,13-14,16H2,1H3/b5-2+/t17-,25+/m1/s1. The summed E-state index contributed by atoms with van der Waals surface area (Å²) in [5.74, 6) is -0.700. The summed E-state index contributed by atoms with van der Waals surface area (Å²) in [5.41, 5.74) is 1.34. The van der Waals surface area contributed by atoms with Crippen molar-refractivity contribution in [2.75, 3.05) is 23.0 Å². The molecule has 4 rings (SSSR count). The molecule has 0 unspecified atom stereocenters. The number of amides is 2. The first-order valence-corrected chi connectivity index (χ1v) is 11.7. The summed E-state index contributed by atoms with van der Waals surface area (Å²) in [6.07, 6.45) is 5.49. The molecule has 2 aliphatic heterocycles. The van der Waals surface area contributed by atoms with Crippen LogP contribution in [-0.2, 0) is 21.7 Å². The van der Waals surface area contributed by atoms with Gasteiger partial charge in [-0.25, -0.2) is 0 Å². The van der Waals surface area contributed by atoms with Crippen LogP contribution in [0.3, 0.4) is 0 Å². The van der Waals surface area contributed by atoms with Crippen LogP contribution in [0.2, 0.25) is 0 Å². The van der Waals surface area contributed by atoms with E-state index in [1.807, 2.05) is 43.3 Å². The molecule has 0 radical (unpaired) electrons. The molecule has 0 aromatic heterocycles. The maximum atomic E-state index is 13.5. The highest BCUT2D eigenvalue weighted by molar-refractivity contribution is 9.10. The topological polar surface area (TPSA) is 81.1 Å². The Morgan fingerprint density at radius 1 is 1.19 bits per heavy atom. The van der Waals surface area contributed by atoms with Crippen molar-refractivity contribution in [1.29, 1.82) is 0 Å². The van der Waals surface area contributed by atoms with E-state index >= 15 is 0 Å². The van der Waals surface area contributed by atoms with E-state index in [0.29, 0.717) is 30.6 Å². The fourth-order valence-corrected chi connectivity index (χ4v) is 4.84. The minimum absolute atomic E-state index is 0.0167. The number of halogens is 1. The van der Waals surface area contributed by atoms with Crippen LogP contribution in [0.15, 0.2) is 59.1 Å². The Morgan fingerprint density at radius 3 is 2.59 bits per heavy atom. The molecule has 2 N–H and O–H groups in total.